The Morgan fingerprint density at radius 1 is 1.20 bits per heavy atom. The summed E-state index contributed by atoms with van der Waals surface area (Å²) in [6.45, 7) is 9.58. The van der Waals surface area contributed by atoms with E-state index in [-0.39, 0.29) is 0 Å². The fourth-order valence-corrected chi connectivity index (χ4v) is 0.372. The number of allylic oxidation sites excluding steroid dienone is 5. The van der Waals surface area contributed by atoms with E-state index in [1.165, 1.54) is 0 Å². The predicted molar refractivity (Wildman–Crippen MR) is 50.1 cm³/mol. The molecular weight excluding hydrogens is 120 g/mol. The van der Waals surface area contributed by atoms with Crippen molar-refractivity contribution in [3.8, 4) is 0 Å². The van der Waals surface area contributed by atoms with E-state index in [4.69, 9.17) is 0 Å². The Morgan fingerprint density at radius 2 is 1.80 bits per heavy atom. The van der Waals surface area contributed by atoms with E-state index in [1.54, 1.807) is 6.08 Å². The normalized spacial score (nSPS) is 9.50. The molecule has 0 heterocycles. The lowest BCUT2D eigenvalue weighted by atomic mass is 10.4. The Kier molecular flexibility index (Phi) is 18.8. The van der Waals surface area contributed by atoms with Crippen molar-refractivity contribution in [3.63, 3.8) is 0 Å². The van der Waals surface area contributed by atoms with Crippen LogP contribution in [0.15, 0.2) is 37.0 Å². The molecule has 0 spiro atoms. The highest BCUT2D eigenvalue weighted by Crippen LogP contribution is 1.73. The monoisotopic (exact) mass is 138 g/mol. The van der Waals surface area contributed by atoms with Gasteiger partial charge in [-0.1, -0.05) is 43.9 Å². The maximum absolute atomic E-state index is 3.46. The molecule has 0 aliphatic heterocycles. The zero-order valence-electron chi connectivity index (χ0n) is 7.30. The van der Waals surface area contributed by atoms with Crippen molar-refractivity contribution in [2.24, 2.45) is 0 Å². The van der Waals surface area contributed by atoms with Crippen molar-refractivity contribution in [1.82, 2.24) is 0 Å². The first kappa shape index (κ1) is 12.0. The Hall–Kier alpha value is -0.780. The number of rotatable bonds is 2. The molecule has 58 valence electrons. The molecule has 0 fully saturated rings. The van der Waals surface area contributed by atoms with Crippen LogP contribution in [0, 0.1) is 0 Å². The van der Waals surface area contributed by atoms with Gasteiger partial charge in [0.15, 0.2) is 0 Å². The lowest BCUT2D eigenvalue weighted by molar-refractivity contribution is 1.22. The van der Waals surface area contributed by atoms with Crippen LogP contribution in [0.1, 0.15) is 27.2 Å². The summed E-state index contributed by atoms with van der Waals surface area (Å²) >= 11 is 0. The minimum absolute atomic E-state index is 1.16. The molecule has 0 heteroatoms. The largest absolute Gasteiger partial charge is 0.0991 e. The second-order valence-corrected chi connectivity index (χ2v) is 1.74. The molecule has 0 aromatic rings. The van der Waals surface area contributed by atoms with E-state index in [2.05, 4.69) is 25.7 Å². The minimum Gasteiger partial charge on any atom is -0.0991 e. The van der Waals surface area contributed by atoms with Crippen LogP contribution in [0.25, 0.3) is 0 Å². The third-order valence-electron chi connectivity index (χ3n) is 0.800. The highest BCUT2D eigenvalue weighted by Gasteiger charge is 1.52. The first-order chi connectivity index (χ1) is 4.83. The van der Waals surface area contributed by atoms with Gasteiger partial charge in [0.1, 0.15) is 0 Å². The van der Waals surface area contributed by atoms with Gasteiger partial charge in [-0.25, -0.2) is 0 Å². The molecule has 0 nitrogen and oxygen atoms in total. The van der Waals surface area contributed by atoms with Crippen LogP contribution in [0.2, 0.25) is 0 Å². The summed E-state index contributed by atoms with van der Waals surface area (Å²) < 4.78 is 0. The molecule has 0 saturated carbocycles. The molecular formula is C10H18. The van der Waals surface area contributed by atoms with Crippen LogP contribution in [0.3, 0.4) is 0 Å². The molecule has 0 aromatic heterocycles. The van der Waals surface area contributed by atoms with Gasteiger partial charge in [-0.2, -0.15) is 0 Å². The average molecular weight is 138 g/mol. The third-order valence-corrected chi connectivity index (χ3v) is 0.800. The summed E-state index contributed by atoms with van der Waals surface area (Å²) in [6.07, 6.45) is 10.9. The molecule has 0 radical (unpaired) electrons. The van der Waals surface area contributed by atoms with Crippen LogP contribution in [-0.2, 0) is 0 Å². The second kappa shape index (κ2) is 15.7. The van der Waals surface area contributed by atoms with Crippen LogP contribution >= 0.6 is 0 Å². The second-order valence-electron chi connectivity index (χ2n) is 1.74. The third kappa shape index (κ3) is 26.9. The van der Waals surface area contributed by atoms with Gasteiger partial charge >= 0.3 is 0 Å². The van der Waals surface area contributed by atoms with Crippen molar-refractivity contribution in [2.45, 2.75) is 27.2 Å². The fourth-order valence-electron chi connectivity index (χ4n) is 0.372. The number of hydrogen-bond acceptors (Lipinski definition) is 0. The Balaban J connectivity index is 0. The smallest absolute Gasteiger partial charge is 0.0379 e. The van der Waals surface area contributed by atoms with Gasteiger partial charge in [0.2, 0.25) is 0 Å². The predicted octanol–water partition coefficient (Wildman–Crippen LogP) is 3.72. The zero-order valence-corrected chi connectivity index (χ0v) is 7.30. The van der Waals surface area contributed by atoms with Crippen LogP contribution in [0.4, 0.5) is 0 Å². The summed E-state index contributed by atoms with van der Waals surface area (Å²) in [5, 5.41) is 0. The van der Waals surface area contributed by atoms with Crippen molar-refractivity contribution >= 4 is 0 Å². The molecule has 0 N–H and O–H groups in total. The van der Waals surface area contributed by atoms with Gasteiger partial charge in [-0.15, -0.1) is 0 Å². The summed E-state index contributed by atoms with van der Waals surface area (Å²) in [7, 11) is 0. The van der Waals surface area contributed by atoms with Crippen molar-refractivity contribution < 1.29 is 0 Å². The van der Waals surface area contributed by atoms with Gasteiger partial charge in [0.25, 0.3) is 0 Å². The molecule has 0 rings (SSSR count). The standard InChI is InChI=1S/C5H10.C5H8/c2*1-3-5-4-2/h3,5H,4H2,1-2H3;3-5H,1H2,2H3/b5-3-;5-4+. The van der Waals surface area contributed by atoms with Gasteiger partial charge < -0.3 is 0 Å². The lowest BCUT2D eigenvalue weighted by Crippen LogP contribution is -1.43. The molecule has 0 saturated heterocycles. The molecule has 0 aromatic carbocycles. The molecule has 0 bridgehead atoms. The number of hydrogen-bond donors (Lipinski definition) is 0. The van der Waals surface area contributed by atoms with E-state index in [1.807, 2.05) is 26.0 Å². The Labute approximate surface area is 65.0 Å². The first-order valence-corrected chi connectivity index (χ1v) is 3.68. The molecule has 10 heavy (non-hydrogen) atoms. The van der Waals surface area contributed by atoms with Gasteiger partial charge in [0.05, 0.1) is 0 Å². The molecule has 0 amide bonds. The van der Waals surface area contributed by atoms with Crippen LogP contribution < -0.4 is 0 Å². The van der Waals surface area contributed by atoms with Crippen LogP contribution in [0.5, 0.6) is 0 Å². The van der Waals surface area contributed by atoms with Crippen LogP contribution in [-0.4, -0.2) is 0 Å². The molecule has 0 unspecified atom stereocenters. The van der Waals surface area contributed by atoms with E-state index in [0.717, 1.165) is 6.42 Å². The molecule has 0 atom stereocenters. The minimum atomic E-state index is 1.16. The Morgan fingerprint density at radius 3 is 1.80 bits per heavy atom. The van der Waals surface area contributed by atoms with E-state index < -0.39 is 0 Å². The zero-order chi connectivity index (χ0) is 8.24. The van der Waals surface area contributed by atoms with Crippen molar-refractivity contribution in [3.05, 3.63) is 37.0 Å². The fraction of sp³-hybridized carbons (Fsp3) is 0.400. The highest BCUT2D eigenvalue weighted by atomic mass is 13.6. The average Bonchev–Trinajstić information content (AvgIpc) is 1.93. The summed E-state index contributed by atoms with van der Waals surface area (Å²) in [4.78, 5) is 0. The SMILES string of the molecule is C/C=C\CC.C=C/C=C/C. The van der Waals surface area contributed by atoms with E-state index in [0.29, 0.717) is 0 Å². The topological polar surface area (TPSA) is 0 Å². The van der Waals surface area contributed by atoms with Gasteiger partial charge in [-0.3, -0.25) is 0 Å². The van der Waals surface area contributed by atoms with Crippen molar-refractivity contribution in [1.29, 1.82) is 0 Å². The van der Waals surface area contributed by atoms with Gasteiger partial charge in [-0.05, 0) is 20.3 Å². The maximum Gasteiger partial charge on any atom is -0.0379 e. The van der Waals surface area contributed by atoms with Crippen molar-refractivity contribution in [2.75, 3.05) is 0 Å². The maximum atomic E-state index is 3.46. The molecule has 0 aliphatic carbocycles. The highest BCUT2D eigenvalue weighted by molar-refractivity contribution is 4.94. The summed E-state index contributed by atoms with van der Waals surface area (Å²) in [5.74, 6) is 0. The summed E-state index contributed by atoms with van der Waals surface area (Å²) in [5.41, 5.74) is 0. The molecule has 0 aliphatic rings. The van der Waals surface area contributed by atoms with Gasteiger partial charge in [0, 0.05) is 0 Å². The van der Waals surface area contributed by atoms with E-state index in [9.17, 15) is 0 Å². The summed E-state index contributed by atoms with van der Waals surface area (Å²) in [6, 6.07) is 0. The lowest BCUT2D eigenvalue weighted by Gasteiger charge is -1.65. The first-order valence-electron chi connectivity index (χ1n) is 3.68. The Bertz CT molecular complexity index is 96.6. The van der Waals surface area contributed by atoms with E-state index >= 15 is 0 Å². The quantitative estimate of drug-likeness (QED) is 0.403.